The van der Waals surface area contributed by atoms with Crippen LogP contribution in [-0.4, -0.2) is 35.9 Å². The van der Waals surface area contributed by atoms with Gasteiger partial charge in [-0.2, -0.15) is 0 Å². The number of carbonyl (C=O) groups is 2. The molecule has 0 atom stereocenters. The molecule has 134 valence electrons. The number of anilines is 1. The van der Waals surface area contributed by atoms with Gasteiger partial charge < -0.3 is 20.5 Å². The van der Waals surface area contributed by atoms with E-state index in [-0.39, 0.29) is 13.1 Å². The number of amides is 2. The smallest absolute Gasteiger partial charge is 0.309 e. The molecule has 0 unspecified atom stereocenters. The van der Waals surface area contributed by atoms with Crippen molar-refractivity contribution >= 4 is 28.5 Å². The molecule has 2 heterocycles. The van der Waals surface area contributed by atoms with Crippen LogP contribution in [0.15, 0.2) is 48.7 Å². The Morgan fingerprint density at radius 3 is 2.42 bits per heavy atom. The molecule has 3 aromatic rings. The van der Waals surface area contributed by atoms with Crippen LogP contribution in [0, 0.1) is 0 Å². The number of pyridine rings is 1. The van der Waals surface area contributed by atoms with Gasteiger partial charge in [-0.25, -0.2) is 4.98 Å². The number of nitrogens with one attached hydrogen (secondary N) is 3. The largest absolute Gasteiger partial charge is 0.363 e. The molecule has 3 rings (SSSR count). The Hall–Kier alpha value is -3.35. The van der Waals surface area contributed by atoms with Crippen molar-refractivity contribution in [3.63, 3.8) is 0 Å². The maximum absolute atomic E-state index is 11.9. The lowest BCUT2D eigenvalue weighted by atomic mass is 10.2. The first-order valence-electron chi connectivity index (χ1n) is 8.28. The van der Waals surface area contributed by atoms with Gasteiger partial charge >= 0.3 is 11.8 Å². The van der Waals surface area contributed by atoms with Gasteiger partial charge in [0, 0.05) is 38.0 Å². The Labute approximate surface area is 151 Å². The molecular weight excluding hydrogens is 330 g/mol. The van der Waals surface area contributed by atoms with Crippen LogP contribution in [0.2, 0.25) is 0 Å². The second-order valence-electron chi connectivity index (χ2n) is 6.17. The molecule has 0 spiro atoms. The summed E-state index contributed by atoms with van der Waals surface area (Å²) >= 11 is 0. The van der Waals surface area contributed by atoms with E-state index in [2.05, 4.69) is 20.6 Å². The van der Waals surface area contributed by atoms with E-state index >= 15 is 0 Å². The van der Waals surface area contributed by atoms with Gasteiger partial charge in [0.1, 0.15) is 5.82 Å². The van der Waals surface area contributed by atoms with Crippen LogP contribution < -0.4 is 15.5 Å². The number of para-hydroxylation sites is 1. The molecule has 7 nitrogen and oxygen atoms in total. The van der Waals surface area contributed by atoms with Gasteiger partial charge in [0.2, 0.25) is 0 Å². The minimum absolute atomic E-state index is 0.249. The Bertz CT molecular complexity index is 882. The SMILES string of the molecule is CN(C)c1ccc(CNC(=O)C(=O)NCc2cc3ccccc3[nH]2)cn1. The van der Waals surface area contributed by atoms with Gasteiger partial charge in [0.25, 0.3) is 0 Å². The van der Waals surface area contributed by atoms with E-state index in [1.807, 2.05) is 61.5 Å². The lowest BCUT2D eigenvalue weighted by Gasteiger charge is -2.11. The van der Waals surface area contributed by atoms with Crippen LogP contribution in [-0.2, 0) is 22.7 Å². The summed E-state index contributed by atoms with van der Waals surface area (Å²) in [6.07, 6.45) is 1.68. The predicted molar refractivity (Wildman–Crippen MR) is 101 cm³/mol. The van der Waals surface area contributed by atoms with Crippen LogP contribution in [0.4, 0.5) is 5.82 Å². The van der Waals surface area contributed by atoms with Gasteiger partial charge in [-0.15, -0.1) is 0 Å². The molecule has 1 aromatic carbocycles. The van der Waals surface area contributed by atoms with E-state index in [1.54, 1.807) is 6.20 Å². The Morgan fingerprint density at radius 1 is 1.04 bits per heavy atom. The molecule has 0 saturated carbocycles. The molecule has 0 aliphatic carbocycles. The van der Waals surface area contributed by atoms with Gasteiger partial charge in [-0.05, 0) is 29.1 Å². The fraction of sp³-hybridized carbons (Fsp3) is 0.211. The van der Waals surface area contributed by atoms with Crippen molar-refractivity contribution in [1.29, 1.82) is 0 Å². The maximum Gasteiger partial charge on any atom is 0.309 e. The molecule has 0 aliphatic heterocycles. The second kappa shape index (κ2) is 7.69. The minimum Gasteiger partial charge on any atom is -0.363 e. The third-order valence-electron chi connectivity index (χ3n) is 3.95. The standard InChI is InChI=1S/C19H21N5O2/c1-24(2)17-8-7-13(10-20-17)11-21-18(25)19(26)22-12-15-9-14-5-3-4-6-16(14)23-15/h3-10,23H,11-12H2,1-2H3,(H,21,25)(H,22,26). The van der Waals surface area contributed by atoms with E-state index in [1.165, 1.54) is 0 Å². The van der Waals surface area contributed by atoms with Gasteiger partial charge in [0.15, 0.2) is 0 Å². The van der Waals surface area contributed by atoms with E-state index in [0.717, 1.165) is 28.0 Å². The number of aromatic amines is 1. The van der Waals surface area contributed by atoms with Crippen LogP contribution in [0.5, 0.6) is 0 Å². The molecule has 0 radical (unpaired) electrons. The van der Waals surface area contributed by atoms with Gasteiger partial charge in [-0.3, -0.25) is 9.59 Å². The lowest BCUT2D eigenvalue weighted by Crippen LogP contribution is -2.39. The lowest BCUT2D eigenvalue weighted by molar-refractivity contribution is -0.139. The van der Waals surface area contributed by atoms with E-state index < -0.39 is 11.8 Å². The van der Waals surface area contributed by atoms with Crippen LogP contribution in [0.3, 0.4) is 0 Å². The zero-order chi connectivity index (χ0) is 18.5. The minimum atomic E-state index is -0.669. The quantitative estimate of drug-likeness (QED) is 0.609. The number of hydrogen-bond donors (Lipinski definition) is 3. The number of rotatable bonds is 5. The summed E-state index contributed by atoms with van der Waals surface area (Å²) in [6.45, 7) is 0.513. The summed E-state index contributed by atoms with van der Waals surface area (Å²) in [5.74, 6) is -0.504. The number of fused-ring (bicyclic) bond motifs is 1. The van der Waals surface area contributed by atoms with E-state index in [0.29, 0.717) is 0 Å². The van der Waals surface area contributed by atoms with Crippen LogP contribution >= 0.6 is 0 Å². The first-order valence-corrected chi connectivity index (χ1v) is 8.28. The highest BCUT2D eigenvalue weighted by molar-refractivity contribution is 6.35. The first-order chi connectivity index (χ1) is 12.5. The summed E-state index contributed by atoms with van der Waals surface area (Å²) < 4.78 is 0. The fourth-order valence-electron chi connectivity index (χ4n) is 2.53. The summed E-state index contributed by atoms with van der Waals surface area (Å²) in [5.41, 5.74) is 2.66. The summed E-state index contributed by atoms with van der Waals surface area (Å²) in [6, 6.07) is 13.5. The van der Waals surface area contributed by atoms with Crippen molar-refractivity contribution in [1.82, 2.24) is 20.6 Å². The number of aromatic nitrogens is 2. The Balaban J connectivity index is 1.49. The third-order valence-corrected chi connectivity index (χ3v) is 3.95. The molecule has 0 aliphatic rings. The normalized spacial score (nSPS) is 10.5. The molecule has 2 aromatic heterocycles. The number of nitrogens with zero attached hydrogens (tertiary/aromatic N) is 2. The average Bonchev–Trinajstić information content (AvgIpc) is 3.07. The van der Waals surface area contributed by atoms with Gasteiger partial charge in [0.05, 0.1) is 6.54 Å². The third kappa shape index (κ3) is 4.18. The molecule has 0 bridgehead atoms. The highest BCUT2D eigenvalue weighted by Gasteiger charge is 2.13. The summed E-state index contributed by atoms with van der Waals surface area (Å²) in [4.78, 5) is 33.2. The molecule has 0 saturated heterocycles. The van der Waals surface area contributed by atoms with Crippen molar-refractivity contribution in [3.05, 3.63) is 59.9 Å². The average molecular weight is 351 g/mol. The predicted octanol–water partition coefficient (Wildman–Crippen LogP) is 1.56. The summed E-state index contributed by atoms with van der Waals surface area (Å²) in [7, 11) is 3.81. The van der Waals surface area contributed by atoms with E-state index in [9.17, 15) is 9.59 Å². The zero-order valence-corrected chi connectivity index (χ0v) is 14.7. The number of H-pyrrole nitrogens is 1. The summed E-state index contributed by atoms with van der Waals surface area (Å²) in [5, 5.41) is 6.28. The van der Waals surface area contributed by atoms with Gasteiger partial charge in [-0.1, -0.05) is 24.3 Å². The Morgan fingerprint density at radius 2 is 1.77 bits per heavy atom. The number of carbonyl (C=O) groups excluding carboxylic acids is 2. The van der Waals surface area contributed by atoms with Crippen molar-refractivity contribution in [2.24, 2.45) is 0 Å². The maximum atomic E-state index is 11.9. The number of benzene rings is 1. The topological polar surface area (TPSA) is 90.1 Å². The number of hydrogen-bond acceptors (Lipinski definition) is 4. The second-order valence-corrected chi connectivity index (χ2v) is 6.17. The molecular formula is C19H21N5O2. The highest BCUT2D eigenvalue weighted by Crippen LogP contribution is 2.14. The molecule has 2 amide bonds. The molecule has 26 heavy (non-hydrogen) atoms. The first kappa shape index (κ1) is 17.5. The zero-order valence-electron chi connectivity index (χ0n) is 14.7. The molecule has 0 fully saturated rings. The van der Waals surface area contributed by atoms with Crippen molar-refractivity contribution in [2.45, 2.75) is 13.1 Å². The van der Waals surface area contributed by atoms with Crippen molar-refractivity contribution in [3.8, 4) is 0 Å². The molecule has 3 N–H and O–H groups in total. The monoisotopic (exact) mass is 351 g/mol. The van der Waals surface area contributed by atoms with Crippen molar-refractivity contribution in [2.75, 3.05) is 19.0 Å². The van der Waals surface area contributed by atoms with Crippen LogP contribution in [0.25, 0.3) is 10.9 Å². The molecule has 7 heteroatoms. The Kier molecular flexibility index (Phi) is 5.17. The fourth-order valence-corrected chi connectivity index (χ4v) is 2.53. The van der Waals surface area contributed by atoms with Crippen molar-refractivity contribution < 1.29 is 9.59 Å². The van der Waals surface area contributed by atoms with E-state index in [4.69, 9.17) is 0 Å². The van der Waals surface area contributed by atoms with Crippen LogP contribution in [0.1, 0.15) is 11.3 Å². The highest BCUT2D eigenvalue weighted by atomic mass is 16.2.